The minimum Gasteiger partial charge on any atom is -0.454 e. The van der Waals surface area contributed by atoms with Gasteiger partial charge in [-0.3, -0.25) is 19.7 Å². The Kier molecular flexibility index (Phi) is 8.16. The third-order valence-electron chi connectivity index (χ3n) is 3.68. The number of halogens is 2. The van der Waals surface area contributed by atoms with Crippen LogP contribution in [0.3, 0.4) is 0 Å². The number of hydrogen-bond acceptors (Lipinski definition) is 7. The minimum absolute atomic E-state index is 0.0229. The first-order valence-electron chi connectivity index (χ1n) is 8.71. The van der Waals surface area contributed by atoms with Crippen molar-refractivity contribution in [1.29, 1.82) is 0 Å². The molecule has 0 aliphatic heterocycles. The number of carbonyl (C=O) groups is 3. The van der Waals surface area contributed by atoms with E-state index in [1.165, 1.54) is 31.2 Å². The molecular weight excluding hydrogens is 438 g/mol. The van der Waals surface area contributed by atoms with Crippen LogP contribution in [0.1, 0.15) is 17.3 Å². The molecule has 0 aliphatic rings. The van der Waals surface area contributed by atoms with Crippen molar-refractivity contribution in [3.8, 4) is 5.75 Å². The molecule has 166 valence electrons. The quantitative estimate of drug-likeness (QED) is 0.547. The van der Waals surface area contributed by atoms with Crippen molar-refractivity contribution in [1.82, 2.24) is 10.0 Å². The lowest BCUT2D eigenvalue weighted by Gasteiger charge is -2.13. The van der Waals surface area contributed by atoms with Crippen LogP contribution in [0.25, 0.3) is 0 Å². The molecule has 0 saturated carbocycles. The van der Waals surface area contributed by atoms with Gasteiger partial charge in [0.2, 0.25) is 10.0 Å². The Morgan fingerprint density at radius 2 is 1.61 bits per heavy atom. The number of ether oxygens (including phenoxy) is 2. The molecule has 0 radical (unpaired) electrons. The Hall–Kier alpha value is -3.38. The topological polar surface area (TPSA) is 128 Å². The van der Waals surface area contributed by atoms with E-state index < -0.39 is 47.1 Å². The average molecular weight is 456 g/mol. The van der Waals surface area contributed by atoms with Crippen molar-refractivity contribution < 1.29 is 41.1 Å². The van der Waals surface area contributed by atoms with Crippen molar-refractivity contribution in [3.05, 3.63) is 60.2 Å². The minimum atomic E-state index is -3.97. The molecule has 0 saturated heterocycles. The monoisotopic (exact) mass is 456 g/mol. The van der Waals surface area contributed by atoms with Gasteiger partial charge in [0.1, 0.15) is 11.8 Å². The number of nitrogens with one attached hydrogen (secondary N) is 2. The first kappa shape index (κ1) is 23.9. The highest BCUT2D eigenvalue weighted by molar-refractivity contribution is 7.89. The van der Waals surface area contributed by atoms with E-state index in [0.717, 1.165) is 24.3 Å². The number of rotatable bonds is 9. The van der Waals surface area contributed by atoms with Crippen LogP contribution in [0.2, 0.25) is 0 Å². The molecule has 9 nitrogen and oxygen atoms in total. The fraction of sp³-hybridized carbons (Fsp3) is 0.211. The average Bonchev–Trinajstić information content (AvgIpc) is 2.72. The summed E-state index contributed by atoms with van der Waals surface area (Å²) in [5.74, 6) is -3.03. The van der Waals surface area contributed by atoms with Crippen molar-refractivity contribution in [2.24, 2.45) is 0 Å². The number of alkyl halides is 2. The summed E-state index contributed by atoms with van der Waals surface area (Å²) in [5.41, 5.74) is -0.0229. The molecule has 31 heavy (non-hydrogen) atoms. The predicted octanol–water partition coefficient (Wildman–Crippen LogP) is 1.45. The number of imide groups is 1. The van der Waals surface area contributed by atoms with Gasteiger partial charge in [0, 0.05) is 5.56 Å². The van der Waals surface area contributed by atoms with Crippen LogP contribution in [-0.4, -0.2) is 45.5 Å². The molecule has 0 bridgehead atoms. The van der Waals surface area contributed by atoms with Gasteiger partial charge in [-0.25, -0.2) is 8.42 Å². The second-order valence-corrected chi connectivity index (χ2v) is 7.76. The molecule has 2 aromatic rings. The van der Waals surface area contributed by atoms with Gasteiger partial charge in [-0.1, -0.05) is 18.2 Å². The van der Waals surface area contributed by atoms with E-state index in [1.807, 2.05) is 5.32 Å². The molecule has 0 spiro atoms. The molecule has 2 aromatic carbocycles. The zero-order chi connectivity index (χ0) is 23.0. The number of carbonyl (C=O) groups excluding carboxylic acids is 3. The number of benzene rings is 2. The third-order valence-corrected chi connectivity index (χ3v) is 5.24. The van der Waals surface area contributed by atoms with Gasteiger partial charge < -0.3 is 9.47 Å². The zero-order valence-corrected chi connectivity index (χ0v) is 16.9. The van der Waals surface area contributed by atoms with Gasteiger partial charge in [0.05, 0.1) is 4.90 Å². The fourth-order valence-corrected chi connectivity index (χ4v) is 3.45. The Morgan fingerprint density at radius 1 is 1.00 bits per heavy atom. The molecule has 0 fully saturated rings. The SMILES string of the molecule is C[C@H](NS(=O)(=O)c1ccccc1)C(=O)OCC(=O)NC(=O)c1ccc(OC(F)F)cc1. The summed E-state index contributed by atoms with van der Waals surface area (Å²) in [6.07, 6.45) is 0. The molecule has 0 aromatic heterocycles. The van der Waals surface area contributed by atoms with Gasteiger partial charge in [0.15, 0.2) is 6.61 Å². The van der Waals surface area contributed by atoms with Crippen LogP contribution < -0.4 is 14.8 Å². The lowest BCUT2D eigenvalue weighted by molar-refractivity contribution is -0.149. The van der Waals surface area contributed by atoms with E-state index in [1.54, 1.807) is 6.07 Å². The van der Waals surface area contributed by atoms with Crippen LogP contribution in [-0.2, 0) is 24.3 Å². The summed E-state index contributed by atoms with van der Waals surface area (Å²) in [5, 5.41) is 1.94. The lowest BCUT2D eigenvalue weighted by atomic mass is 10.2. The Morgan fingerprint density at radius 3 is 2.19 bits per heavy atom. The number of hydrogen-bond donors (Lipinski definition) is 2. The van der Waals surface area contributed by atoms with Crippen LogP contribution in [0, 0.1) is 0 Å². The molecule has 2 amide bonds. The van der Waals surface area contributed by atoms with Crippen LogP contribution in [0.5, 0.6) is 5.75 Å². The second kappa shape index (κ2) is 10.6. The van der Waals surface area contributed by atoms with E-state index in [2.05, 4.69) is 9.46 Å². The summed E-state index contributed by atoms with van der Waals surface area (Å²) >= 11 is 0. The van der Waals surface area contributed by atoms with Gasteiger partial charge in [-0.05, 0) is 43.3 Å². The standard InChI is InChI=1S/C19H18F2N2O7S/c1-12(23-31(27,28)15-5-3-2-4-6-15)18(26)29-11-16(24)22-17(25)13-7-9-14(10-8-13)30-19(20)21/h2-10,12,19,23H,11H2,1H3,(H,22,24,25)/t12-/m0/s1. The van der Waals surface area contributed by atoms with Gasteiger partial charge >= 0.3 is 12.6 Å². The van der Waals surface area contributed by atoms with E-state index in [4.69, 9.17) is 4.74 Å². The first-order chi connectivity index (χ1) is 14.6. The molecule has 0 unspecified atom stereocenters. The maximum atomic E-state index is 12.2. The fourth-order valence-electron chi connectivity index (χ4n) is 2.23. The molecule has 2 N–H and O–H groups in total. The number of sulfonamides is 1. The molecule has 12 heteroatoms. The smallest absolute Gasteiger partial charge is 0.387 e. The van der Waals surface area contributed by atoms with Gasteiger partial charge in [0.25, 0.3) is 11.8 Å². The first-order valence-corrected chi connectivity index (χ1v) is 10.2. The maximum Gasteiger partial charge on any atom is 0.387 e. The van der Waals surface area contributed by atoms with Crippen LogP contribution in [0.4, 0.5) is 8.78 Å². The Labute approximate surface area is 176 Å². The zero-order valence-electron chi connectivity index (χ0n) is 16.1. The largest absolute Gasteiger partial charge is 0.454 e. The molecule has 0 heterocycles. The molecule has 1 atom stereocenters. The second-order valence-electron chi connectivity index (χ2n) is 6.04. The van der Waals surface area contributed by atoms with E-state index in [0.29, 0.717) is 0 Å². The lowest BCUT2D eigenvalue weighted by Crippen LogP contribution is -2.41. The number of esters is 1. The molecular formula is C19H18F2N2O7S. The third kappa shape index (κ3) is 7.42. The highest BCUT2D eigenvalue weighted by atomic mass is 32.2. The highest BCUT2D eigenvalue weighted by Gasteiger charge is 2.24. The van der Waals surface area contributed by atoms with Gasteiger partial charge in [-0.15, -0.1) is 0 Å². The summed E-state index contributed by atoms with van der Waals surface area (Å²) in [4.78, 5) is 35.7. The Bertz CT molecular complexity index is 1030. The summed E-state index contributed by atoms with van der Waals surface area (Å²) in [7, 11) is -3.97. The van der Waals surface area contributed by atoms with Crippen molar-refractivity contribution >= 4 is 27.8 Å². The van der Waals surface area contributed by atoms with Crippen molar-refractivity contribution in [2.75, 3.05) is 6.61 Å². The Balaban J connectivity index is 1.83. The highest BCUT2D eigenvalue weighted by Crippen LogP contribution is 2.14. The van der Waals surface area contributed by atoms with E-state index in [9.17, 15) is 31.6 Å². The maximum absolute atomic E-state index is 12.2. The van der Waals surface area contributed by atoms with E-state index in [-0.39, 0.29) is 16.2 Å². The summed E-state index contributed by atoms with van der Waals surface area (Å²) in [6, 6.07) is 10.6. The van der Waals surface area contributed by atoms with E-state index >= 15 is 0 Å². The normalized spacial score (nSPS) is 12.1. The summed E-state index contributed by atoms with van der Waals surface area (Å²) in [6.45, 7) is -2.63. The molecule has 0 aliphatic carbocycles. The van der Waals surface area contributed by atoms with Crippen molar-refractivity contribution in [3.63, 3.8) is 0 Å². The van der Waals surface area contributed by atoms with Gasteiger partial charge in [-0.2, -0.15) is 13.5 Å². The summed E-state index contributed by atoms with van der Waals surface area (Å²) < 4.78 is 59.5. The molecule has 2 rings (SSSR count). The van der Waals surface area contributed by atoms with Crippen LogP contribution in [0.15, 0.2) is 59.5 Å². The van der Waals surface area contributed by atoms with Crippen LogP contribution >= 0.6 is 0 Å². The van der Waals surface area contributed by atoms with Crippen molar-refractivity contribution in [2.45, 2.75) is 24.5 Å². The number of amides is 2. The predicted molar refractivity (Wildman–Crippen MR) is 103 cm³/mol.